The average Bonchev–Trinajstić information content (AvgIpc) is 2.90. The number of hydrogen-bond donors (Lipinski definition) is 2. The van der Waals surface area contributed by atoms with Crippen LogP contribution in [0.1, 0.15) is 25.1 Å². The van der Waals surface area contributed by atoms with Gasteiger partial charge in [0.1, 0.15) is 23.6 Å². The van der Waals surface area contributed by atoms with E-state index >= 15 is 0 Å². The number of ether oxygens (including phenoxy) is 1. The number of aromatic nitrogens is 3. The number of nitrogens with zero attached hydrogens (tertiary/aromatic N) is 3. The zero-order chi connectivity index (χ0) is 13.6. The summed E-state index contributed by atoms with van der Waals surface area (Å²) in [4.78, 5) is 3.89. The van der Waals surface area contributed by atoms with Crippen molar-refractivity contribution in [3.05, 3.63) is 24.2 Å². The summed E-state index contributed by atoms with van der Waals surface area (Å²) in [6.45, 7) is 1.27. The van der Waals surface area contributed by atoms with E-state index in [9.17, 15) is 4.39 Å². The second-order valence-corrected chi connectivity index (χ2v) is 5.00. The van der Waals surface area contributed by atoms with Crippen molar-refractivity contribution in [2.75, 3.05) is 12.3 Å². The molecular weight excluding hydrogens is 251 g/mol. The molecule has 0 spiro atoms. The van der Waals surface area contributed by atoms with Crippen LogP contribution in [0.15, 0.2) is 18.5 Å². The summed E-state index contributed by atoms with van der Waals surface area (Å²) in [5.41, 5.74) is 5.38. The molecule has 0 amide bonds. The number of rotatable bonds is 2. The zero-order valence-corrected chi connectivity index (χ0v) is 10.5. The van der Waals surface area contributed by atoms with Crippen molar-refractivity contribution in [2.24, 2.45) is 0 Å². The molecule has 0 unspecified atom stereocenters. The Hall–Kier alpha value is -1.73. The highest BCUT2D eigenvalue weighted by molar-refractivity contribution is 5.65. The van der Waals surface area contributed by atoms with E-state index in [0.29, 0.717) is 17.0 Å². The molecule has 0 radical (unpaired) electrons. The lowest BCUT2D eigenvalue weighted by molar-refractivity contribution is -0.0195. The number of aliphatic hydroxyl groups is 1. The first-order valence-electron chi connectivity index (χ1n) is 6.06. The first kappa shape index (κ1) is 12.3. The Morgan fingerprint density at radius 3 is 3.11 bits per heavy atom. The van der Waals surface area contributed by atoms with Gasteiger partial charge in [-0.25, -0.2) is 13.9 Å². The minimum atomic E-state index is -1.55. The van der Waals surface area contributed by atoms with Gasteiger partial charge in [-0.2, -0.15) is 5.10 Å². The first-order chi connectivity index (χ1) is 9.03. The van der Waals surface area contributed by atoms with Crippen LogP contribution in [0.2, 0.25) is 0 Å². The minimum Gasteiger partial charge on any atom is -0.394 e. The molecule has 102 valence electrons. The van der Waals surface area contributed by atoms with Crippen molar-refractivity contribution in [3.63, 3.8) is 0 Å². The summed E-state index contributed by atoms with van der Waals surface area (Å²) in [6.07, 6.45) is 0.202. The molecule has 7 heteroatoms. The number of fused-ring (bicyclic) bond motifs is 1. The van der Waals surface area contributed by atoms with Crippen LogP contribution in [0.3, 0.4) is 0 Å². The molecule has 3 heterocycles. The molecule has 6 nitrogen and oxygen atoms in total. The fourth-order valence-corrected chi connectivity index (χ4v) is 2.59. The average molecular weight is 266 g/mol. The van der Waals surface area contributed by atoms with Crippen LogP contribution in [0.5, 0.6) is 0 Å². The Balaban J connectivity index is 2.07. The molecule has 1 aliphatic rings. The van der Waals surface area contributed by atoms with Crippen molar-refractivity contribution < 1.29 is 14.2 Å². The highest BCUT2D eigenvalue weighted by Gasteiger charge is 2.47. The van der Waals surface area contributed by atoms with Gasteiger partial charge < -0.3 is 15.6 Å². The molecule has 3 rings (SSSR count). The second kappa shape index (κ2) is 4.14. The molecule has 1 fully saturated rings. The standard InChI is InChI=1S/C12H15FN4O2/c1-12(13)4-7(5-18)19-10(12)8-2-3-9-11(14)15-6-16-17(8)9/h2-3,6-7,10,18H,4-5H2,1H3,(H2,14,15,16)/t7-,10-,12+/m0/s1. The second-order valence-electron chi connectivity index (χ2n) is 5.00. The molecule has 0 saturated carbocycles. The molecule has 1 saturated heterocycles. The van der Waals surface area contributed by atoms with Gasteiger partial charge in [-0.15, -0.1) is 0 Å². The van der Waals surface area contributed by atoms with Crippen molar-refractivity contribution in [3.8, 4) is 0 Å². The summed E-state index contributed by atoms with van der Waals surface area (Å²) in [7, 11) is 0. The maximum Gasteiger partial charge on any atom is 0.151 e. The lowest BCUT2D eigenvalue weighted by Crippen LogP contribution is -2.24. The zero-order valence-electron chi connectivity index (χ0n) is 10.5. The summed E-state index contributed by atoms with van der Waals surface area (Å²) < 4.78 is 21.7. The van der Waals surface area contributed by atoms with Gasteiger partial charge in [-0.3, -0.25) is 0 Å². The molecular formula is C12H15FN4O2. The van der Waals surface area contributed by atoms with Gasteiger partial charge in [-0.05, 0) is 19.1 Å². The molecule has 0 aromatic carbocycles. The Bertz CT molecular complexity index is 613. The lowest BCUT2D eigenvalue weighted by atomic mass is 9.96. The topological polar surface area (TPSA) is 85.7 Å². The molecule has 3 N–H and O–H groups in total. The fourth-order valence-electron chi connectivity index (χ4n) is 2.59. The summed E-state index contributed by atoms with van der Waals surface area (Å²) in [5, 5.41) is 13.2. The lowest BCUT2D eigenvalue weighted by Gasteiger charge is -2.20. The number of nitrogen functional groups attached to an aromatic ring is 1. The van der Waals surface area contributed by atoms with E-state index in [4.69, 9.17) is 15.6 Å². The van der Waals surface area contributed by atoms with Crippen molar-refractivity contribution in [1.29, 1.82) is 0 Å². The Labute approximate surface area is 109 Å². The molecule has 0 bridgehead atoms. The van der Waals surface area contributed by atoms with Crippen LogP contribution in [0.25, 0.3) is 5.52 Å². The Morgan fingerprint density at radius 1 is 1.63 bits per heavy atom. The molecule has 3 atom stereocenters. The number of anilines is 1. The van der Waals surface area contributed by atoms with E-state index in [1.165, 1.54) is 17.8 Å². The van der Waals surface area contributed by atoms with Gasteiger partial charge in [0.05, 0.1) is 18.4 Å². The fraction of sp³-hybridized carbons (Fsp3) is 0.500. The van der Waals surface area contributed by atoms with Crippen LogP contribution >= 0.6 is 0 Å². The van der Waals surface area contributed by atoms with E-state index in [1.807, 2.05) is 0 Å². The number of halogens is 1. The largest absolute Gasteiger partial charge is 0.394 e. The van der Waals surface area contributed by atoms with Crippen LogP contribution in [0.4, 0.5) is 10.2 Å². The minimum absolute atomic E-state index is 0.155. The van der Waals surface area contributed by atoms with E-state index in [2.05, 4.69) is 10.1 Å². The number of aliphatic hydroxyl groups excluding tert-OH is 1. The molecule has 19 heavy (non-hydrogen) atoms. The van der Waals surface area contributed by atoms with E-state index in [1.54, 1.807) is 12.1 Å². The van der Waals surface area contributed by atoms with E-state index < -0.39 is 17.9 Å². The monoisotopic (exact) mass is 266 g/mol. The highest BCUT2D eigenvalue weighted by Crippen LogP contribution is 2.44. The molecule has 2 aromatic heterocycles. The number of alkyl halides is 1. The van der Waals surface area contributed by atoms with Crippen LogP contribution in [0, 0.1) is 0 Å². The van der Waals surface area contributed by atoms with E-state index in [-0.39, 0.29) is 13.0 Å². The maximum atomic E-state index is 14.6. The predicted octanol–water partition coefficient (Wildman–Crippen LogP) is 0.862. The van der Waals surface area contributed by atoms with Gasteiger partial charge in [0.25, 0.3) is 0 Å². The molecule has 1 aliphatic heterocycles. The summed E-state index contributed by atoms with van der Waals surface area (Å²) in [6, 6.07) is 3.46. The van der Waals surface area contributed by atoms with Crippen molar-refractivity contribution in [1.82, 2.24) is 14.6 Å². The van der Waals surface area contributed by atoms with Gasteiger partial charge >= 0.3 is 0 Å². The molecule has 2 aromatic rings. The van der Waals surface area contributed by atoms with Gasteiger partial charge in [0.15, 0.2) is 5.82 Å². The first-order valence-corrected chi connectivity index (χ1v) is 6.06. The van der Waals surface area contributed by atoms with Gasteiger partial charge in [0.2, 0.25) is 0 Å². The van der Waals surface area contributed by atoms with Crippen LogP contribution in [-0.2, 0) is 4.74 Å². The quantitative estimate of drug-likeness (QED) is 0.842. The SMILES string of the molecule is C[C@@]1(F)C[C@@H](CO)O[C@H]1c1ccc2c(N)ncnn12. The van der Waals surface area contributed by atoms with Gasteiger partial charge in [0, 0.05) is 6.42 Å². The Morgan fingerprint density at radius 2 is 2.42 bits per heavy atom. The summed E-state index contributed by atoms with van der Waals surface area (Å²) in [5.74, 6) is 0.332. The third kappa shape index (κ3) is 1.85. The Kier molecular flexibility index (Phi) is 2.68. The maximum absolute atomic E-state index is 14.6. The highest BCUT2D eigenvalue weighted by atomic mass is 19.1. The van der Waals surface area contributed by atoms with Crippen molar-refractivity contribution in [2.45, 2.75) is 31.2 Å². The summed E-state index contributed by atoms with van der Waals surface area (Å²) >= 11 is 0. The third-order valence-electron chi connectivity index (χ3n) is 3.49. The number of hydrogen-bond acceptors (Lipinski definition) is 5. The molecule has 0 aliphatic carbocycles. The predicted molar refractivity (Wildman–Crippen MR) is 66.2 cm³/mol. The normalized spacial score (nSPS) is 31.1. The van der Waals surface area contributed by atoms with E-state index in [0.717, 1.165) is 0 Å². The number of nitrogens with two attached hydrogens (primary N) is 1. The smallest absolute Gasteiger partial charge is 0.151 e. The third-order valence-corrected chi connectivity index (χ3v) is 3.49. The van der Waals surface area contributed by atoms with Gasteiger partial charge in [-0.1, -0.05) is 0 Å². The van der Waals surface area contributed by atoms with Crippen LogP contribution in [-0.4, -0.2) is 38.1 Å². The van der Waals surface area contributed by atoms with Crippen molar-refractivity contribution >= 4 is 11.3 Å². The van der Waals surface area contributed by atoms with Crippen LogP contribution < -0.4 is 5.73 Å².